The smallest absolute Gasteiger partial charge is 0.194 e. The maximum atomic E-state index is 13.1. The van der Waals surface area contributed by atoms with E-state index in [1.54, 1.807) is 0 Å². The van der Waals surface area contributed by atoms with Crippen molar-refractivity contribution in [2.45, 2.75) is 0 Å². The zero-order chi connectivity index (χ0) is 10.7. The van der Waals surface area contributed by atoms with Crippen molar-refractivity contribution in [3.8, 4) is 0 Å². The summed E-state index contributed by atoms with van der Waals surface area (Å²) >= 11 is 2.91. The van der Waals surface area contributed by atoms with Gasteiger partial charge < -0.3 is 4.74 Å². The summed E-state index contributed by atoms with van der Waals surface area (Å²) in [5, 5.41) is 0. The summed E-state index contributed by atoms with van der Waals surface area (Å²) in [6.07, 6.45) is 0. The van der Waals surface area contributed by atoms with Gasteiger partial charge in [0.15, 0.2) is 5.78 Å². The number of carbonyl (C=O) groups is 1. The maximum Gasteiger partial charge on any atom is 0.194 e. The van der Waals surface area contributed by atoms with E-state index >= 15 is 0 Å². The summed E-state index contributed by atoms with van der Waals surface area (Å²) in [6, 6.07) is 2.07. The lowest BCUT2D eigenvalue weighted by Crippen LogP contribution is -2.11. The molecule has 5 heteroatoms. The van der Waals surface area contributed by atoms with E-state index in [0.717, 1.165) is 12.1 Å². The van der Waals surface area contributed by atoms with Crippen molar-refractivity contribution in [2.24, 2.45) is 0 Å². The molecule has 0 aliphatic carbocycles. The molecular weight excluding hydrogens is 258 g/mol. The highest BCUT2D eigenvalue weighted by molar-refractivity contribution is 9.10. The predicted octanol–water partition coefficient (Wildman–Crippen LogP) is 2.56. The Balaban J connectivity index is 3.14. The summed E-state index contributed by atoms with van der Waals surface area (Å²) in [5.41, 5.74) is -0.560. The normalized spacial score (nSPS) is 10.3. The molecule has 0 heterocycles. The number of carbonyl (C=O) groups excluding carboxylic acids is 1. The van der Waals surface area contributed by atoms with E-state index in [1.165, 1.54) is 7.11 Å². The third-order valence-electron chi connectivity index (χ3n) is 1.56. The number of methoxy groups -OCH3 is 1. The van der Waals surface area contributed by atoms with Crippen LogP contribution in [0.4, 0.5) is 8.78 Å². The number of ketones is 1. The Morgan fingerprint density at radius 2 is 1.93 bits per heavy atom. The molecule has 0 atom stereocenters. The minimum absolute atomic E-state index is 0.251. The highest BCUT2D eigenvalue weighted by Gasteiger charge is 2.17. The first-order chi connectivity index (χ1) is 6.56. The van der Waals surface area contributed by atoms with Gasteiger partial charge in [-0.2, -0.15) is 0 Å². The topological polar surface area (TPSA) is 26.3 Å². The van der Waals surface area contributed by atoms with E-state index in [1.807, 2.05) is 0 Å². The molecule has 0 saturated carbocycles. The SMILES string of the molecule is COCC(=O)c1c(F)cc(Br)cc1F. The van der Waals surface area contributed by atoms with Crippen LogP contribution in [0.5, 0.6) is 0 Å². The van der Waals surface area contributed by atoms with Crippen LogP contribution in [0.1, 0.15) is 10.4 Å². The van der Waals surface area contributed by atoms with Crippen LogP contribution in [0.25, 0.3) is 0 Å². The number of hydrogen-bond donors (Lipinski definition) is 0. The van der Waals surface area contributed by atoms with Gasteiger partial charge in [0.1, 0.15) is 18.2 Å². The van der Waals surface area contributed by atoms with Gasteiger partial charge in [-0.05, 0) is 12.1 Å². The van der Waals surface area contributed by atoms with Gasteiger partial charge in [0.25, 0.3) is 0 Å². The molecule has 0 amide bonds. The van der Waals surface area contributed by atoms with Gasteiger partial charge in [0, 0.05) is 11.6 Å². The Labute approximate surface area is 88.0 Å². The quantitative estimate of drug-likeness (QED) is 0.785. The number of benzene rings is 1. The zero-order valence-corrected chi connectivity index (χ0v) is 8.90. The molecule has 76 valence electrons. The minimum atomic E-state index is -0.890. The first kappa shape index (κ1) is 11.3. The Morgan fingerprint density at radius 1 is 1.43 bits per heavy atom. The first-order valence-corrected chi connectivity index (χ1v) is 4.52. The van der Waals surface area contributed by atoms with Crippen LogP contribution in [-0.2, 0) is 4.74 Å². The fourth-order valence-electron chi connectivity index (χ4n) is 1.01. The number of halogens is 3. The van der Waals surface area contributed by atoms with Crippen molar-refractivity contribution in [3.05, 3.63) is 33.8 Å². The van der Waals surface area contributed by atoms with Gasteiger partial charge >= 0.3 is 0 Å². The summed E-state index contributed by atoms with van der Waals surface area (Å²) in [4.78, 5) is 11.2. The van der Waals surface area contributed by atoms with Gasteiger partial charge in [-0.25, -0.2) is 8.78 Å². The van der Waals surface area contributed by atoms with Crippen LogP contribution in [0.2, 0.25) is 0 Å². The lowest BCUT2D eigenvalue weighted by atomic mass is 10.1. The van der Waals surface area contributed by atoms with E-state index in [-0.39, 0.29) is 11.1 Å². The second-order valence-corrected chi connectivity index (χ2v) is 3.52. The van der Waals surface area contributed by atoms with Crippen molar-refractivity contribution in [2.75, 3.05) is 13.7 Å². The predicted molar refractivity (Wildman–Crippen MR) is 50.3 cm³/mol. The Hall–Kier alpha value is -0.810. The lowest BCUT2D eigenvalue weighted by molar-refractivity contribution is 0.0839. The van der Waals surface area contributed by atoms with Crippen molar-refractivity contribution < 1.29 is 18.3 Å². The average Bonchev–Trinajstić information content (AvgIpc) is 2.01. The molecule has 0 spiro atoms. The van der Waals surface area contributed by atoms with Crippen LogP contribution in [0.15, 0.2) is 16.6 Å². The van der Waals surface area contributed by atoms with Crippen molar-refractivity contribution >= 4 is 21.7 Å². The molecule has 0 aliphatic heterocycles. The number of Topliss-reactive ketones (excluding diaryl/α,β-unsaturated/α-hetero) is 1. The third-order valence-corrected chi connectivity index (χ3v) is 2.02. The molecule has 1 rings (SSSR count). The Bertz CT molecular complexity index is 343. The fourth-order valence-corrected chi connectivity index (χ4v) is 1.41. The van der Waals surface area contributed by atoms with Crippen molar-refractivity contribution in [1.29, 1.82) is 0 Å². The van der Waals surface area contributed by atoms with Crippen molar-refractivity contribution in [3.63, 3.8) is 0 Å². The van der Waals surface area contributed by atoms with Crippen LogP contribution in [0.3, 0.4) is 0 Å². The number of rotatable bonds is 3. The molecule has 0 aliphatic rings. The van der Waals surface area contributed by atoms with E-state index in [2.05, 4.69) is 20.7 Å². The maximum absolute atomic E-state index is 13.1. The number of hydrogen-bond acceptors (Lipinski definition) is 2. The summed E-state index contributed by atoms with van der Waals surface area (Å²) < 4.78 is 31.0. The molecule has 14 heavy (non-hydrogen) atoms. The average molecular weight is 265 g/mol. The highest BCUT2D eigenvalue weighted by Crippen LogP contribution is 2.19. The molecule has 0 fully saturated rings. The number of ether oxygens (including phenoxy) is 1. The summed E-state index contributed by atoms with van der Waals surface area (Å²) in [7, 11) is 1.28. The molecule has 0 aromatic heterocycles. The largest absolute Gasteiger partial charge is 0.377 e. The van der Waals surface area contributed by atoms with E-state index in [9.17, 15) is 13.6 Å². The molecule has 0 saturated heterocycles. The van der Waals surface area contributed by atoms with Crippen molar-refractivity contribution in [1.82, 2.24) is 0 Å². The third kappa shape index (κ3) is 2.36. The molecule has 2 nitrogen and oxygen atoms in total. The van der Waals surface area contributed by atoms with Gasteiger partial charge in [-0.3, -0.25) is 4.79 Å². The summed E-state index contributed by atoms with van der Waals surface area (Å²) in [6.45, 7) is -0.338. The summed E-state index contributed by atoms with van der Waals surface area (Å²) in [5.74, 6) is -2.49. The molecule has 0 N–H and O–H groups in total. The van der Waals surface area contributed by atoms with E-state index in [4.69, 9.17) is 0 Å². The lowest BCUT2D eigenvalue weighted by Gasteiger charge is -2.03. The molecule has 1 aromatic carbocycles. The standard InChI is InChI=1S/C9H7BrF2O2/c1-14-4-8(13)9-6(11)2-5(10)3-7(9)12/h2-3H,4H2,1H3. The minimum Gasteiger partial charge on any atom is -0.377 e. The van der Waals surface area contributed by atoms with E-state index < -0.39 is 23.0 Å². The molecule has 1 aromatic rings. The van der Waals surface area contributed by atoms with Gasteiger partial charge in [-0.15, -0.1) is 0 Å². The zero-order valence-electron chi connectivity index (χ0n) is 7.31. The van der Waals surface area contributed by atoms with Crippen LogP contribution in [-0.4, -0.2) is 19.5 Å². The monoisotopic (exact) mass is 264 g/mol. The first-order valence-electron chi connectivity index (χ1n) is 3.73. The van der Waals surface area contributed by atoms with Crippen LogP contribution < -0.4 is 0 Å². The Kier molecular flexibility index (Phi) is 3.71. The van der Waals surface area contributed by atoms with Gasteiger partial charge in [0.2, 0.25) is 0 Å². The second-order valence-electron chi connectivity index (χ2n) is 2.60. The fraction of sp³-hybridized carbons (Fsp3) is 0.222. The molecule has 0 unspecified atom stereocenters. The molecule has 0 radical (unpaired) electrons. The molecule has 0 bridgehead atoms. The molecular formula is C9H7BrF2O2. The van der Waals surface area contributed by atoms with Gasteiger partial charge in [0.05, 0.1) is 5.56 Å². The van der Waals surface area contributed by atoms with E-state index in [0.29, 0.717) is 0 Å². The van der Waals surface area contributed by atoms with Crippen LogP contribution >= 0.6 is 15.9 Å². The van der Waals surface area contributed by atoms with Gasteiger partial charge in [-0.1, -0.05) is 15.9 Å². The Morgan fingerprint density at radius 3 is 2.36 bits per heavy atom. The van der Waals surface area contributed by atoms with Crippen LogP contribution in [0, 0.1) is 11.6 Å². The highest BCUT2D eigenvalue weighted by atomic mass is 79.9. The second kappa shape index (κ2) is 4.61.